The van der Waals surface area contributed by atoms with Gasteiger partial charge < -0.3 is 10.6 Å². The number of pyridine rings is 1. The summed E-state index contributed by atoms with van der Waals surface area (Å²) in [6.45, 7) is 2.45. The van der Waals surface area contributed by atoms with Crippen LogP contribution in [0.5, 0.6) is 0 Å². The zero-order chi connectivity index (χ0) is 27.1. The zero-order valence-electron chi connectivity index (χ0n) is 22.6. The molecule has 0 radical (unpaired) electrons. The second-order valence-corrected chi connectivity index (χ2v) is 9.86. The van der Waals surface area contributed by atoms with E-state index in [4.69, 9.17) is 14.9 Å². The number of hydrogen-bond donors (Lipinski definition) is 1. The molecule has 2 bridgehead atoms. The zero-order valence-corrected chi connectivity index (χ0v) is 19.6. The first-order valence-corrected chi connectivity index (χ1v) is 11.5. The normalized spacial score (nSPS) is 20.6. The average molecular weight is 470 g/mol. The summed E-state index contributed by atoms with van der Waals surface area (Å²) in [6.07, 6.45) is 5.58. The molecule has 0 saturated carbocycles. The lowest BCUT2D eigenvalue weighted by atomic mass is 9.85. The van der Waals surface area contributed by atoms with Crippen molar-refractivity contribution in [1.82, 2.24) is 24.5 Å². The van der Waals surface area contributed by atoms with E-state index in [0.717, 1.165) is 27.1 Å². The van der Waals surface area contributed by atoms with Gasteiger partial charge in [-0.2, -0.15) is 5.10 Å². The Hall–Kier alpha value is -3.91. The fraction of sp³-hybridized carbons (Fsp3) is 0.296. The van der Waals surface area contributed by atoms with Crippen LogP contribution in [0.15, 0.2) is 48.9 Å². The van der Waals surface area contributed by atoms with Gasteiger partial charge in [0.1, 0.15) is 5.82 Å². The van der Waals surface area contributed by atoms with Gasteiger partial charge in [0.25, 0.3) is 5.91 Å². The summed E-state index contributed by atoms with van der Waals surface area (Å²) in [5.41, 5.74) is 10.5. The van der Waals surface area contributed by atoms with E-state index in [1.54, 1.807) is 41.3 Å². The predicted octanol–water partition coefficient (Wildman–Crippen LogP) is 3.85. The van der Waals surface area contributed by atoms with Crippen molar-refractivity contribution in [3.8, 4) is 11.1 Å². The molecule has 3 aromatic heterocycles. The fourth-order valence-electron chi connectivity index (χ4n) is 5.32. The summed E-state index contributed by atoms with van der Waals surface area (Å²) in [6, 6.07) is 8.03. The minimum absolute atomic E-state index is 0.181. The standard InChI is InChI=1S/C27H26N6O2/c1-14(34)17-6-5-7-18-22(17)19-11-21(32(4)25(18)35)24-23(19)20-10-15(8-9-33(20)31-24)16-12-29-26(30-13-16)27(2,3)28/h5-10,12-13,19,21H,11,28H2,1-4H3/t19-,21-/m1/s1/i4D3. The lowest BCUT2D eigenvalue weighted by Crippen LogP contribution is -2.31. The van der Waals surface area contributed by atoms with Crippen molar-refractivity contribution in [1.29, 1.82) is 0 Å². The van der Waals surface area contributed by atoms with Crippen LogP contribution in [0, 0.1) is 0 Å². The number of nitrogens with two attached hydrogens (primary N) is 1. The summed E-state index contributed by atoms with van der Waals surface area (Å²) in [7, 11) is 0. The Morgan fingerprint density at radius 1 is 1.17 bits per heavy atom. The van der Waals surface area contributed by atoms with Crippen molar-refractivity contribution in [3.05, 3.63) is 82.7 Å². The van der Waals surface area contributed by atoms with Crippen LogP contribution in [0.3, 0.4) is 0 Å². The van der Waals surface area contributed by atoms with Gasteiger partial charge in [-0.3, -0.25) is 9.59 Å². The first-order valence-electron chi connectivity index (χ1n) is 13.0. The molecule has 0 unspecified atom stereocenters. The molecule has 2 atom stereocenters. The van der Waals surface area contributed by atoms with Gasteiger partial charge in [0.2, 0.25) is 0 Å². The molecule has 8 nitrogen and oxygen atoms in total. The number of benzene rings is 1. The number of nitrogens with zero attached hydrogens (tertiary/aromatic N) is 5. The van der Waals surface area contributed by atoms with E-state index in [1.165, 1.54) is 6.92 Å². The molecule has 2 aliphatic rings. The Balaban J connectivity index is 1.58. The van der Waals surface area contributed by atoms with Crippen LogP contribution < -0.4 is 5.73 Å². The van der Waals surface area contributed by atoms with Crippen molar-refractivity contribution in [3.63, 3.8) is 0 Å². The van der Waals surface area contributed by atoms with Crippen LogP contribution in [0.25, 0.3) is 16.6 Å². The molecule has 1 amide bonds. The molecule has 176 valence electrons. The van der Waals surface area contributed by atoms with Crippen molar-refractivity contribution < 1.29 is 13.7 Å². The van der Waals surface area contributed by atoms with Gasteiger partial charge in [-0.05, 0) is 56.5 Å². The fourth-order valence-corrected chi connectivity index (χ4v) is 5.32. The molecule has 0 spiro atoms. The van der Waals surface area contributed by atoms with Gasteiger partial charge in [0.05, 0.1) is 22.8 Å². The highest BCUT2D eigenvalue weighted by molar-refractivity contribution is 6.03. The van der Waals surface area contributed by atoms with Crippen LogP contribution >= 0.6 is 0 Å². The highest BCUT2D eigenvalue weighted by Gasteiger charge is 2.45. The lowest BCUT2D eigenvalue weighted by Gasteiger charge is -2.23. The average Bonchev–Trinajstić information content (AvgIpc) is 3.35. The molecule has 1 aliphatic carbocycles. The van der Waals surface area contributed by atoms with Crippen molar-refractivity contribution >= 4 is 17.2 Å². The van der Waals surface area contributed by atoms with E-state index in [1.807, 2.05) is 26.0 Å². The Bertz CT molecular complexity index is 1640. The number of aromatic nitrogens is 4. The summed E-state index contributed by atoms with van der Waals surface area (Å²) >= 11 is 0. The first kappa shape index (κ1) is 18.4. The van der Waals surface area contributed by atoms with Crippen LogP contribution in [-0.4, -0.2) is 43.1 Å². The van der Waals surface area contributed by atoms with Crippen molar-refractivity contribution in [2.24, 2.45) is 5.73 Å². The molecule has 8 heteroatoms. The largest absolute Gasteiger partial charge is 0.333 e. The highest BCUT2D eigenvalue weighted by atomic mass is 16.2. The van der Waals surface area contributed by atoms with Crippen LogP contribution in [0.1, 0.15) is 86.6 Å². The second kappa shape index (κ2) is 7.29. The Kier molecular flexibility index (Phi) is 3.84. The third-order valence-electron chi connectivity index (χ3n) is 6.98. The monoisotopic (exact) mass is 469 g/mol. The SMILES string of the molecule is [2H]C([2H])([2H])N1C(=O)c2cccc(C(C)=O)c2[C@H]2C[C@@H]1c1nn3ccc(-c4cnc(C(C)(C)N)nc4)cc3c12. The minimum Gasteiger partial charge on any atom is -0.333 e. The van der Waals surface area contributed by atoms with Crippen LogP contribution in [0.2, 0.25) is 0 Å². The number of carbonyl (C=O) groups is 2. The number of fused-ring (bicyclic) bond motifs is 9. The van der Waals surface area contributed by atoms with E-state index < -0.39 is 24.5 Å². The topological polar surface area (TPSA) is 106 Å². The van der Waals surface area contributed by atoms with Crippen molar-refractivity contribution in [2.75, 3.05) is 6.98 Å². The Morgan fingerprint density at radius 3 is 2.63 bits per heavy atom. The molecule has 1 aromatic carbocycles. The number of carbonyl (C=O) groups excluding carboxylic acids is 2. The van der Waals surface area contributed by atoms with E-state index in [-0.39, 0.29) is 17.3 Å². The van der Waals surface area contributed by atoms with Gasteiger partial charge >= 0.3 is 0 Å². The highest BCUT2D eigenvalue weighted by Crippen LogP contribution is 2.52. The van der Waals surface area contributed by atoms with Crippen molar-refractivity contribution in [2.45, 2.75) is 44.7 Å². The number of amides is 1. The summed E-state index contributed by atoms with van der Waals surface area (Å²) in [4.78, 5) is 36.1. The maximum Gasteiger partial charge on any atom is 0.254 e. The van der Waals surface area contributed by atoms with Crippen LogP contribution in [-0.2, 0) is 5.54 Å². The number of hydrogen-bond acceptors (Lipinski definition) is 6. The first-order chi connectivity index (χ1) is 17.9. The van der Waals surface area contributed by atoms with Gasteiger partial charge in [-0.25, -0.2) is 14.5 Å². The molecule has 2 N–H and O–H groups in total. The van der Waals surface area contributed by atoms with Crippen LogP contribution in [0.4, 0.5) is 0 Å². The second-order valence-electron chi connectivity index (χ2n) is 9.86. The maximum absolute atomic E-state index is 13.6. The molecular formula is C27H26N6O2. The molecule has 4 heterocycles. The lowest BCUT2D eigenvalue weighted by molar-refractivity contribution is 0.0734. The Morgan fingerprint density at radius 2 is 1.94 bits per heavy atom. The summed E-state index contributed by atoms with van der Waals surface area (Å²) in [5.74, 6) is -0.635. The van der Waals surface area contributed by atoms with Gasteiger partial charge in [0, 0.05) is 57.9 Å². The molecule has 0 fully saturated rings. The third kappa shape index (κ3) is 3.13. The predicted molar refractivity (Wildman–Crippen MR) is 131 cm³/mol. The van der Waals surface area contributed by atoms with E-state index in [9.17, 15) is 9.59 Å². The van der Waals surface area contributed by atoms with Gasteiger partial charge in [-0.15, -0.1) is 0 Å². The number of Topliss-reactive ketones (excluding diaryl/α,β-unsaturated/α-hetero) is 1. The maximum atomic E-state index is 13.6. The van der Waals surface area contributed by atoms with E-state index in [0.29, 0.717) is 29.1 Å². The molecule has 4 aromatic rings. The summed E-state index contributed by atoms with van der Waals surface area (Å²) in [5, 5.41) is 4.74. The third-order valence-corrected chi connectivity index (χ3v) is 6.98. The Labute approximate surface area is 207 Å². The van der Waals surface area contributed by atoms with E-state index >= 15 is 0 Å². The molecule has 0 saturated heterocycles. The quantitative estimate of drug-likeness (QED) is 0.457. The van der Waals surface area contributed by atoms with Gasteiger partial charge in [-0.1, -0.05) is 12.1 Å². The van der Waals surface area contributed by atoms with E-state index in [2.05, 4.69) is 9.97 Å². The molecule has 6 rings (SSSR count). The number of ketones is 1. The minimum atomic E-state index is -2.68. The van der Waals surface area contributed by atoms with Gasteiger partial charge in [0.15, 0.2) is 5.78 Å². The molecular weight excluding hydrogens is 440 g/mol. The summed E-state index contributed by atoms with van der Waals surface area (Å²) < 4.78 is 26.3. The smallest absolute Gasteiger partial charge is 0.254 e. The molecule has 35 heavy (non-hydrogen) atoms. The number of rotatable bonds is 3. The molecule has 1 aliphatic heterocycles.